The second-order valence-electron chi connectivity index (χ2n) is 4.84. The molecule has 3 heteroatoms. The maximum absolute atomic E-state index is 11.3. The SMILES string of the molecule is CC(=O)c1ccc2c(c1)CC(C(N)C(C)=O)C2. The smallest absolute Gasteiger partial charge is 0.159 e. The Kier molecular flexibility index (Phi) is 3.11. The van der Waals surface area contributed by atoms with Crippen molar-refractivity contribution in [3.8, 4) is 0 Å². The molecule has 2 N–H and O–H groups in total. The van der Waals surface area contributed by atoms with Gasteiger partial charge in [-0.2, -0.15) is 0 Å². The van der Waals surface area contributed by atoms with Gasteiger partial charge in [-0.25, -0.2) is 0 Å². The maximum atomic E-state index is 11.3. The fraction of sp³-hybridized carbons (Fsp3) is 0.429. The highest BCUT2D eigenvalue weighted by atomic mass is 16.1. The van der Waals surface area contributed by atoms with Gasteiger partial charge in [-0.3, -0.25) is 9.59 Å². The van der Waals surface area contributed by atoms with Crippen LogP contribution in [0.3, 0.4) is 0 Å². The number of Topliss-reactive ketones (excluding diaryl/α,β-unsaturated/α-hetero) is 2. The van der Waals surface area contributed by atoms with Gasteiger partial charge in [0.15, 0.2) is 5.78 Å². The zero-order valence-electron chi connectivity index (χ0n) is 10.2. The average molecular weight is 231 g/mol. The van der Waals surface area contributed by atoms with Gasteiger partial charge in [-0.15, -0.1) is 0 Å². The van der Waals surface area contributed by atoms with Crippen LogP contribution in [0.4, 0.5) is 0 Å². The molecule has 0 radical (unpaired) electrons. The third kappa shape index (κ3) is 2.29. The van der Waals surface area contributed by atoms with Crippen LogP contribution in [0.5, 0.6) is 0 Å². The van der Waals surface area contributed by atoms with Crippen molar-refractivity contribution in [2.45, 2.75) is 32.7 Å². The third-order valence-electron chi connectivity index (χ3n) is 3.55. The van der Waals surface area contributed by atoms with E-state index in [0.29, 0.717) is 0 Å². The molecule has 0 aliphatic heterocycles. The van der Waals surface area contributed by atoms with Crippen molar-refractivity contribution in [3.63, 3.8) is 0 Å². The molecule has 17 heavy (non-hydrogen) atoms. The van der Waals surface area contributed by atoms with Crippen molar-refractivity contribution in [1.29, 1.82) is 0 Å². The summed E-state index contributed by atoms with van der Waals surface area (Å²) in [7, 11) is 0. The van der Waals surface area contributed by atoms with E-state index in [1.54, 1.807) is 6.92 Å². The van der Waals surface area contributed by atoms with Crippen molar-refractivity contribution in [1.82, 2.24) is 0 Å². The summed E-state index contributed by atoms with van der Waals surface area (Å²) in [5.41, 5.74) is 9.00. The van der Waals surface area contributed by atoms with Crippen molar-refractivity contribution >= 4 is 11.6 Å². The highest BCUT2D eigenvalue weighted by Crippen LogP contribution is 2.29. The molecule has 0 saturated carbocycles. The van der Waals surface area contributed by atoms with Crippen molar-refractivity contribution in [2.75, 3.05) is 0 Å². The first kappa shape index (κ1) is 12.0. The molecule has 1 aromatic carbocycles. The van der Waals surface area contributed by atoms with E-state index in [1.807, 2.05) is 18.2 Å². The lowest BCUT2D eigenvalue weighted by Gasteiger charge is -2.14. The third-order valence-corrected chi connectivity index (χ3v) is 3.55. The van der Waals surface area contributed by atoms with Crippen molar-refractivity contribution in [3.05, 3.63) is 34.9 Å². The summed E-state index contributed by atoms with van der Waals surface area (Å²) in [6.45, 7) is 3.10. The fourth-order valence-corrected chi connectivity index (χ4v) is 2.46. The molecule has 0 fully saturated rings. The first-order chi connectivity index (χ1) is 7.99. The summed E-state index contributed by atoms with van der Waals surface area (Å²) >= 11 is 0. The van der Waals surface area contributed by atoms with Gasteiger partial charge in [0.05, 0.1) is 6.04 Å². The molecule has 3 nitrogen and oxygen atoms in total. The largest absolute Gasteiger partial charge is 0.321 e. The Hall–Kier alpha value is -1.48. The standard InChI is InChI=1S/C14H17NO2/c1-8(16)10-3-4-11-6-13(7-12(11)5-10)14(15)9(2)17/h3-5,13-14H,6-7,15H2,1-2H3. The minimum Gasteiger partial charge on any atom is -0.321 e. The second-order valence-corrected chi connectivity index (χ2v) is 4.84. The summed E-state index contributed by atoms with van der Waals surface area (Å²) < 4.78 is 0. The highest BCUT2D eigenvalue weighted by Gasteiger charge is 2.29. The predicted octanol–water partition coefficient (Wildman–Crippen LogP) is 1.52. The Morgan fingerprint density at radius 3 is 2.47 bits per heavy atom. The van der Waals surface area contributed by atoms with E-state index in [9.17, 15) is 9.59 Å². The number of hydrogen-bond donors (Lipinski definition) is 1. The Morgan fingerprint density at radius 1 is 1.24 bits per heavy atom. The van der Waals surface area contributed by atoms with Crippen molar-refractivity contribution in [2.24, 2.45) is 11.7 Å². The number of benzene rings is 1. The first-order valence-electron chi connectivity index (χ1n) is 5.88. The van der Waals surface area contributed by atoms with E-state index in [4.69, 9.17) is 5.73 Å². The van der Waals surface area contributed by atoms with Crippen LogP contribution in [-0.2, 0) is 17.6 Å². The van der Waals surface area contributed by atoms with Gasteiger partial charge < -0.3 is 5.73 Å². The van der Waals surface area contributed by atoms with Gasteiger partial charge in [-0.1, -0.05) is 12.1 Å². The zero-order chi connectivity index (χ0) is 12.6. The molecule has 1 aliphatic rings. The van der Waals surface area contributed by atoms with Gasteiger partial charge in [0.25, 0.3) is 0 Å². The molecule has 0 spiro atoms. The normalized spacial score (nSPS) is 19.8. The van der Waals surface area contributed by atoms with Gasteiger partial charge in [-0.05, 0) is 49.8 Å². The Balaban J connectivity index is 2.22. The molecule has 2 atom stereocenters. The topological polar surface area (TPSA) is 60.2 Å². The summed E-state index contributed by atoms with van der Waals surface area (Å²) in [6.07, 6.45) is 1.64. The summed E-state index contributed by atoms with van der Waals surface area (Å²) in [6, 6.07) is 5.38. The number of fused-ring (bicyclic) bond motifs is 1. The second kappa shape index (κ2) is 4.41. The number of nitrogens with two attached hydrogens (primary N) is 1. The van der Waals surface area contributed by atoms with Crippen molar-refractivity contribution < 1.29 is 9.59 Å². The molecule has 2 unspecified atom stereocenters. The minimum atomic E-state index is -0.386. The van der Waals surface area contributed by atoms with Crippen LogP contribution in [0.2, 0.25) is 0 Å². The van der Waals surface area contributed by atoms with Crippen LogP contribution in [0.1, 0.15) is 35.3 Å². The molecular weight excluding hydrogens is 214 g/mol. The summed E-state index contributed by atoms with van der Waals surface area (Å²) in [5, 5.41) is 0. The van der Waals surface area contributed by atoms with Crippen LogP contribution in [0.15, 0.2) is 18.2 Å². The molecule has 90 valence electrons. The predicted molar refractivity (Wildman–Crippen MR) is 66.0 cm³/mol. The van der Waals surface area contributed by atoms with Gasteiger partial charge >= 0.3 is 0 Å². The molecule has 0 aromatic heterocycles. The van der Waals surface area contributed by atoms with E-state index in [0.717, 1.165) is 18.4 Å². The molecule has 2 rings (SSSR count). The van der Waals surface area contributed by atoms with E-state index < -0.39 is 0 Å². The average Bonchev–Trinajstić information content (AvgIpc) is 2.69. The summed E-state index contributed by atoms with van der Waals surface area (Å²) in [5.74, 6) is 0.298. The number of ketones is 2. The lowest BCUT2D eigenvalue weighted by atomic mass is 9.95. The number of hydrogen-bond acceptors (Lipinski definition) is 3. The molecule has 0 amide bonds. The minimum absolute atomic E-state index is 0.0367. The highest BCUT2D eigenvalue weighted by molar-refractivity contribution is 5.94. The lowest BCUT2D eigenvalue weighted by Crippen LogP contribution is -2.37. The van der Waals surface area contributed by atoms with Crippen LogP contribution in [-0.4, -0.2) is 17.6 Å². The zero-order valence-corrected chi connectivity index (χ0v) is 10.2. The molecule has 0 saturated heterocycles. The molecule has 0 bridgehead atoms. The Morgan fingerprint density at radius 2 is 1.88 bits per heavy atom. The fourth-order valence-electron chi connectivity index (χ4n) is 2.46. The Labute approximate surface area is 101 Å². The molecule has 1 aromatic rings. The lowest BCUT2D eigenvalue weighted by molar-refractivity contribution is -0.119. The number of carbonyl (C=O) groups is 2. The Bertz CT molecular complexity index is 479. The summed E-state index contributed by atoms with van der Waals surface area (Å²) in [4.78, 5) is 22.6. The molecule has 1 aliphatic carbocycles. The van der Waals surface area contributed by atoms with E-state index in [-0.39, 0.29) is 23.5 Å². The van der Waals surface area contributed by atoms with E-state index >= 15 is 0 Å². The van der Waals surface area contributed by atoms with Gasteiger partial charge in [0.2, 0.25) is 0 Å². The van der Waals surface area contributed by atoms with Crippen LogP contribution in [0, 0.1) is 5.92 Å². The quantitative estimate of drug-likeness (QED) is 0.802. The van der Waals surface area contributed by atoms with Crippen LogP contribution in [0.25, 0.3) is 0 Å². The number of rotatable bonds is 3. The van der Waals surface area contributed by atoms with Crippen LogP contribution >= 0.6 is 0 Å². The first-order valence-corrected chi connectivity index (χ1v) is 5.88. The van der Waals surface area contributed by atoms with E-state index in [1.165, 1.54) is 18.1 Å². The van der Waals surface area contributed by atoms with E-state index in [2.05, 4.69) is 0 Å². The maximum Gasteiger partial charge on any atom is 0.159 e. The molecule has 0 heterocycles. The van der Waals surface area contributed by atoms with Crippen LogP contribution < -0.4 is 5.73 Å². The monoisotopic (exact) mass is 231 g/mol. The molecular formula is C14H17NO2. The number of carbonyl (C=O) groups excluding carboxylic acids is 2. The van der Waals surface area contributed by atoms with Gasteiger partial charge in [0.1, 0.15) is 5.78 Å². The van der Waals surface area contributed by atoms with Gasteiger partial charge in [0, 0.05) is 5.56 Å².